The van der Waals surface area contributed by atoms with E-state index in [2.05, 4.69) is 4.98 Å². The van der Waals surface area contributed by atoms with Crippen LogP contribution in [0.25, 0.3) is 10.9 Å². The molecule has 27 heavy (non-hydrogen) atoms. The van der Waals surface area contributed by atoms with Crippen LogP contribution in [0, 0.1) is 6.92 Å². The zero-order valence-corrected chi connectivity index (χ0v) is 14.3. The van der Waals surface area contributed by atoms with Crippen molar-refractivity contribution >= 4 is 34.1 Å². The van der Waals surface area contributed by atoms with Gasteiger partial charge >= 0.3 is 5.97 Å². The number of nitrogens with zero attached hydrogens (tertiary/aromatic N) is 2. The lowest BCUT2D eigenvalue weighted by atomic mass is 10.0. The van der Waals surface area contributed by atoms with Gasteiger partial charge in [-0.1, -0.05) is 30.3 Å². The molecule has 2 bridgehead atoms. The topological polar surface area (TPSA) is 125 Å². The Morgan fingerprint density at radius 2 is 2.00 bits per heavy atom. The third kappa shape index (κ3) is 2.45. The van der Waals surface area contributed by atoms with E-state index in [9.17, 15) is 19.5 Å². The minimum absolute atomic E-state index is 0.0176. The monoisotopic (exact) mass is 365 g/mol. The molecule has 1 aliphatic rings. The Kier molecular flexibility index (Phi) is 3.69. The van der Waals surface area contributed by atoms with Gasteiger partial charge < -0.3 is 20.1 Å². The summed E-state index contributed by atoms with van der Waals surface area (Å²) in [6.45, 7) is 2.20. The Labute approximate surface area is 153 Å². The highest BCUT2D eigenvalue weighted by Crippen LogP contribution is 2.38. The summed E-state index contributed by atoms with van der Waals surface area (Å²) in [5.74, 6) is -3.73. The number of carboxylic acid groups (broad SMARTS) is 1. The first kappa shape index (κ1) is 16.8. The number of aliphatic carboxylic acids is 1. The van der Waals surface area contributed by atoms with Crippen LogP contribution < -0.4 is 10.5 Å². The van der Waals surface area contributed by atoms with E-state index in [1.165, 1.54) is 6.20 Å². The number of fused-ring (bicyclic) bond motifs is 6. The van der Waals surface area contributed by atoms with Crippen molar-refractivity contribution in [3.63, 3.8) is 0 Å². The van der Waals surface area contributed by atoms with Gasteiger partial charge in [0.05, 0.1) is 22.2 Å². The molecule has 1 aromatic carbocycles. The fourth-order valence-corrected chi connectivity index (χ4v) is 3.30. The molecule has 0 amide bonds. The predicted octanol–water partition coefficient (Wildman–Crippen LogP) is 1.57. The van der Waals surface area contributed by atoms with Gasteiger partial charge in [0, 0.05) is 18.4 Å². The smallest absolute Gasteiger partial charge is 0.353 e. The van der Waals surface area contributed by atoms with Gasteiger partial charge in [0.25, 0.3) is 11.9 Å². The SMILES string of the molecule is Cc1c(N)c2c3ncc(c2n1Cc1ccccc1)C(=O)C(=O)C(C(=O)O)O3. The van der Waals surface area contributed by atoms with Crippen molar-refractivity contribution in [1.82, 2.24) is 9.55 Å². The van der Waals surface area contributed by atoms with E-state index in [0.717, 1.165) is 5.56 Å². The number of anilines is 1. The summed E-state index contributed by atoms with van der Waals surface area (Å²) < 4.78 is 7.11. The number of nitrogens with two attached hydrogens (primary N) is 1. The molecule has 8 heteroatoms. The molecule has 8 nitrogen and oxygen atoms in total. The van der Waals surface area contributed by atoms with Crippen molar-refractivity contribution in [2.45, 2.75) is 19.6 Å². The highest BCUT2D eigenvalue weighted by molar-refractivity contribution is 6.49. The minimum atomic E-state index is -1.94. The average molecular weight is 365 g/mol. The summed E-state index contributed by atoms with van der Waals surface area (Å²) in [7, 11) is 0. The molecule has 1 aliphatic heterocycles. The Hall–Kier alpha value is -3.68. The molecule has 1 unspecified atom stereocenters. The minimum Gasteiger partial charge on any atom is -0.478 e. The van der Waals surface area contributed by atoms with Gasteiger partial charge in [-0.2, -0.15) is 0 Å². The lowest BCUT2D eigenvalue weighted by molar-refractivity contribution is -0.149. The van der Waals surface area contributed by atoms with Crippen molar-refractivity contribution in [3.05, 3.63) is 53.3 Å². The van der Waals surface area contributed by atoms with Gasteiger partial charge in [0.2, 0.25) is 11.7 Å². The first-order valence-corrected chi connectivity index (χ1v) is 8.19. The van der Waals surface area contributed by atoms with Crippen molar-refractivity contribution in [2.24, 2.45) is 0 Å². The summed E-state index contributed by atoms with van der Waals surface area (Å²) in [6, 6.07) is 9.54. The molecular weight excluding hydrogens is 350 g/mol. The second-order valence-electron chi connectivity index (χ2n) is 6.30. The van der Waals surface area contributed by atoms with E-state index in [1.807, 2.05) is 34.9 Å². The van der Waals surface area contributed by atoms with Gasteiger partial charge in [-0.3, -0.25) is 9.59 Å². The fraction of sp³-hybridized carbons (Fsp3) is 0.158. The van der Waals surface area contributed by atoms with Crippen molar-refractivity contribution in [1.29, 1.82) is 0 Å². The number of ketones is 2. The zero-order chi connectivity index (χ0) is 19.3. The second kappa shape index (κ2) is 5.94. The molecule has 3 heterocycles. The van der Waals surface area contributed by atoms with Crippen LogP contribution in [-0.4, -0.2) is 38.3 Å². The zero-order valence-electron chi connectivity index (χ0n) is 14.3. The Morgan fingerprint density at radius 3 is 2.67 bits per heavy atom. The number of aromatic nitrogens is 2. The molecule has 0 saturated heterocycles. The number of ether oxygens (including phenoxy) is 1. The lowest BCUT2D eigenvalue weighted by Gasteiger charge is -2.19. The molecular formula is C19H15N3O5. The standard InChI is InChI=1S/C19H15N3O5/c1-9-13(20)12-14(22(9)8-10-5-3-2-4-6-10)11-7-21-18(12)27-17(19(25)26)16(24)15(11)23/h2-7,17H,8,20H2,1H3,(H,25,26). The van der Waals surface area contributed by atoms with Gasteiger partial charge in [-0.05, 0) is 12.5 Å². The molecule has 1 atom stereocenters. The van der Waals surface area contributed by atoms with Crippen LogP contribution in [0.5, 0.6) is 5.88 Å². The predicted molar refractivity (Wildman–Crippen MR) is 95.8 cm³/mol. The normalized spacial score (nSPS) is 16.3. The summed E-state index contributed by atoms with van der Waals surface area (Å²) in [5.41, 5.74) is 8.64. The highest BCUT2D eigenvalue weighted by Gasteiger charge is 2.40. The van der Waals surface area contributed by atoms with Gasteiger partial charge in [-0.15, -0.1) is 0 Å². The van der Waals surface area contributed by atoms with Crippen LogP contribution in [-0.2, 0) is 16.1 Å². The van der Waals surface area contributed by atoms with E-state index < -0.39 is 23.6 Å². The fourth-order valence-electron chi connectivity index (χ4n) is 3.30. The molecule has 0 radical (unpaired) electrons. The van der Waals surface area contributed by atoms with Crippen LogP contribution in [0.4, 0.5) is 5.69 Å². The number of nitrogen functional groups attached to an aromatic ring is 1. The van der Waals surface area contributed by atoms with E-state index in [4.69, 9.17) is 10.5 Å². The molecule has 0 spiro atoms. The van der Waals surface area contributed by atoms with E-state index >= 15 is 0 Å². The third-order valence-electron chi connectivity index (χ3n) is 4.69. The van der Waals surface area contributed by atoms with Crippen LogP contribution >= 0.6 is 0 Å². The first-order chi connectivity index (χ1) is 12.9. The van der Waals surface area contributed by atoms with E-state index in [-0.39, 0.29) is 11.4 Å². The van der Waals surface area contributed by atoms with Crippen molar-refractivity contribution in [2.75, 3.05) is 5.73 Å². The highest BCUT2D eigenvalue weighted by atomic mass is 16.5. The summed E-state index contributed by atoms with van der Waals surface area (Å²) >= 11 is 0. The second-order valence-corrected chi connectivity index (χ2v) is 6.30. The number of carboxylic acids is 1. The van der Waals surface area contributed by atoms with Crippen LogP contribution in [0.2, 0.25) is 0 Å². The molecule has 3 N–H and O–H groups in total. The quantitative estimate of drug-likeness (QED) is 0.533. The Balaban J connectivity index is 2.01. The Morgan fingerprint density at radius 1 is 1.30 bits per heavy atom. The van der Waals surface area contributed by atoms with Crippen molar-refractivity contribution in [3.8, 4) is 5.88 Å². The number of benzene rings is 1. The van der Waals surface area contributed by atoms with E-state index in [0.29, 0.717) is 28.8 Å². The summed E-state index contributed by atoms with van der Waals surface area (Å²) in [5, 5.41) is 9.58. The number of carbonyl (C=O) groups is 3. The number of pyridine rings is 1. The van der Waals surface area contributed by atoms with Crippen LogP contribution in [0.1, 0.15) is 21.6 Å². The van der Waals surface area contributed by atoms with Gasteiger partial charge in [0.15, 0.2) is 0 Å². The molecule has 0 fully saturated rings. The maximum absolute atomic E-state index is 12.7. The van der Waals surface area contributed by atoms with Crippen LogP contribution in [0.3, 0.4) is 0 Å². The first-order valence-electron chi connectivity index (χ1n) is 8.19. The third-order valence-corrected chi connectivity index (χ3v) is 4.69. The largest absolute Gasteiger partial charge is 0.478 e. The number of hydrogen-bond donors (Lipinski definition) is 2. The summed E-state index contributed by atoms with van der Waals surface area (Å²) in [6.07, 6.45) is -0.707. The molecule has 0 aliphatic carbocycles. The number of Topliss-reactive ketones (excluding diaryl/α,β-unsaturated/α-hetero) is 2. The molecule has 136 valence electrons. The number of rotatable bonds is 3. The number of carbonyl (C=O) groups excluding carboxylic acids is 2. The average Bonchev–Trinajstić information content (AvgIpc) is 2.90. The molecule has 0 saturated carbocycles. The Bertz CT molecular complexity index is 1120. The summed E-state index contributed by atoms with van der Waals surface area (Å²) in [4.78, 5) is 40.4. The lowest BCUT2D eigenvalue weighted by Crippen LogP contribution is -2.41. The molecule has 4 rings (SSSR count). The maximum atomic E-state index is 12.7. The van der Waals surface area contributed by atoms with Gasteiger partial charge in [-0.25, -0.2) is 9.78 Å². The van der Waals surface area contributed by atoms with Gasteiger partial charge in [0.1, 0.15) is 0 Å². The molecule has 3 aromatic rings. The van der Waals surface area contributed by atoms with E-state index in [1.54, 1.807) is 6.92 Å². The molecule has 2 aromatic heterocycles. The van der Waals surface area contributed by atoms with Crippen LogP contribution in [0.15, 0.2) is 36.5 Å². The number of hydrogen-bond acceptors (Lipinski definition) is 6. The maximum Gasteiger partial charge on any atom is 0.353 e. The van der Waals surface area contributed by atoms with Crippen molar-refractivity contribution < 1.29 is 24.2 Å².